The predicted molar refractivity (Wildman–Crippen MR) is 73.2 cm³/mol. The fourth-order valence-corrected chi connectivity index (χ4v) is 2.43. The van der Waals surface area contributed by atoms with E-state index >= 15 is 0 Å². The van der Waals surface area contributed by atoms with Gasteiger partial charge in [-0.05, 0) is 47.3 Å². The predicted octanol–water partition coefficient (Wildman–Crippen LogP) is 3.39. The highest BCUT2D eigenvalue weighted by atomic mass is 79.9. The van der Waals surface area contributed by atoms with E-state index < -0.39 is 0 Å². The second kappa shape index (κ2) is 4.80. The van der Waals surface area contributed by atoms with Crippen molar-refractivity contribution in [3.8, 4) is 11.4 Å². The molecule has 1 fully saturated rings. The number of aromatic nitrogens is 4. The molecule has 0 radical (unpaired) electrons. The normalized spacial score (nSPS) is 15.0. The summed E-state index contributed by atoms with van der Waals surface area (Å²) in [6.07, 6.45) is 5.32. The van der Waals surface area contributed by atoms with Crippen molar-refractivity contribution in [2.45, 2.75) is 38.6 Å². The van der Waals surface area contributed by atoms with Crippen molar-refractivity contribution in [1.29, 1.82) is 0 Å². The van der Waals surface area contributed by atoms with Crippen molar-refractivity contribution in [3.05, 3.63) is 28.8 Å². The molecule has 0 amide bonds. The summed E-state index contributed by atoms with van der Waals surface area (Å²) in [6.45, 7) is 3.07. The lowest BCUT2D eigenvalue weighted by Crippen LogP contribution is -2.03. The molecule has 1 aliphatic carbocycles. The van der Waals surface area contributed by atoms with Crippen LogP contribution in [0.3, 0.4) is 0 Å². The Morgan fingerprint density at radius 1 is 1.39 bits per heavy atom. The molecule has 3 rings (SSSR count). The lowest BCUT2D eigenvalue weighted by molar-refractivity contribution is 0.607. The zero-order chi connectivity index (χ0) is 12.5. The van der Waals surface area contributed by atoms with Gasteiger partial charge in [-0.2, -0.15) is 5.10 Å². The number of aryl methyl sites for hydroxylation is 1. The van der Waals surface area contributed by atoms with Gasteiger partial charge in [-0.1, -0.05) is 6.92 Å². The third kappa shape index (κ3) is 2.32. The molecular formula is C13H15BrN4. The van der Waals surface area contributed by atoms with Crippen LogP contribution in [0.2, 0.25) is 0 Å². The topological polar surface area (TPSA) is 43.6 Å². The molecule has 5 heteroatoms. The standard InChI is InChI=1S/C13H15BrN4/c1-2-7-18-11(5-6-15-18)10-8-12(14)17-13(16-10)9-3-4-9/h5-6,8-9H,2-4,7H2,1H3. The highest BCUT2D eigenvalue weighted by Gasteiger charge is 2.27. The van der Waals surface area contributed by atoms with Crippen LogP contribution < -0.4 is 0 Å². The molecule has 2 aromatic heterocycles. The van der Waals surface area contributed by atoms with E-state index in [0.717, 1.165) is 34.8 Å². The summed E-state index contributed by atoms with van der Waals surface area (Å²) >= 11 is 3.48. The quantitative estimate of drug-likeness (QED) is 0.813. The third-order valence-electron chi connectivity index (χ3n) is 3.07. The largest absolute Gasteiger partial charge is 0.263 e. The summed E-state index contributed by atoms with van der Waals surface area (Å²) in [4.78, 5) is 9.14. The van der Waals surface area contributed by atoms with Gasteiger partial charge in [-0.15, -0.1) is 0 Å². The SMILES string of the molecule is CCCn1nccc1-c1cc(Br)nc(C2CC2)n1. The first kappa shape index (κ1) is 11.8. The molecule has 0 N–H and O–H groups in total. The molecule has 2 heterocycles. The average molecular weight is 307 g/mol. The van der Waals surface area contributed by atoms with Crippen LogP contribution in [0.25, 0.3) is 11.4 Å². The van der Waals surface area contributed by atoms with Gasteiger partial charge in [0.1, 0.15) is 10.4 Å². The van der Waals surface area contributed by atoms with Gasteiger partial charge < -0.3 is 0 Å². The Kier molecular flexibility index (Phi) is 3.16. The van der Waals surface area contributed by atoms with Gasteiger partial charge in [0.15, 0.2) is 0 Å². The summed E-state index contributed by atoms with van der Waals surface area (Å²) < 4.78 is 2.87. The first-order valence-corrected chi connectivity index (χ1v) is 7.14. The molecule has 0 unspecified atom stereocenters. The summed E-state index contributed by atoms with van der Waals surface area (Å²) in [6, 6.07) is 3.98. The van der Waals surface area contributed by atoms with Crippen molar-refractivity contribution in [1.82, 2.24) is 19.7 Å². The monoisotopic (exact) mass is 306 g/mol. The highest BCUT2D eigenvalue weighted by Crippen LogP contribution is 2.39. The summed E-state index contributed by atoms with van der Waals surface area (Å²) in [5.74, 6) is 1.52. The van der Waals surface area contributed by atoms with Crippen molar-refractivity contribution < 1.29 is 0 Å². The molecule has 94 valence electrons. The maximum absolute atomic E-state index is 4.68. The Hall–Kier alpha value is -1.23. The Morgan fingerprint density at radius 3 is 2.94 bits per heavy atom. The number of nitrogens with zero attached hydrogens (tertiary/aromatic N) is 4. The Balaban J connectivity index is 2.01. The van der Waals surface area contributed by atoms with Crippen molar-refractivity contribution >= 4 is 15.9 Å². The second-order valence-corrected chi connectivity index (χ2v) is 5.46. The lowest BCUT2D eigenvalue weighted by Gasteiger charge is -2.07. The van der Waals surface area contributed by atoms with Crippen LogP contribution in [0.1, 0.15) is 37.9 Å². The summed E-state index contributed by atoms with van der Waals surface area (Å²) in [5.41, 5.74) is 2.03. The van der Waals surface area contributed by atoms with Gasteiger partial charge in [-0.25, -0.2) is 9.97 Å². The Labute approximate surface area is 115 Å². The molecule has 1 saturated carbocycles. The molecule has 0 aliphatic heterocycles. The van der Waals surface area contributed by atoms with E-state index in [1.807, 2.05) is 23.0 Å². The minimum Gasteiger partial charge on any atom is -0.263 e. The van der Waals surface area contributed by atoms with E-state index in [4.69, 9.17) is 0 Å². The van der Waals surface area contributed by atoms with Crippen LogP contribution in [0, 0.1) is 0 Å². The van der Waals surface area contributed by atoms with Gasteiger partial charge >= 0.3 is 0 Å². The molecule has 0 atom stereocenters. The summed E-state index contributed by atoms with van der Waals surface area (Å²) in [7, 11) is 0. The van der Waals surface area contributed by atoms with Gasteiger partial charge in [-0.3, -0.25) is 4.68 Å². The van der Waals surface area contributed by atoms with Gasteiger partial charge in [0.2, 0.25) is 0 Å². The van der Waals surface area contributed by atoms with Crippen LogP contribution >= 0.6 is 15.9 Å². The van der Waals surface area contributed by atoms with E-state index in [1.54, 1.807) is 0 Å². The zero-order valence-electron chi connectivity index (χ0n) is 10.3. The molecule has 0 bridgehead atoms. The van der Waals surface area contributed by atoms with E-state index in [1.165, 1.54) is 12.8 Å². The van der Waals surface area contributed by atoms with Crippen LogP contribution in [0.4, 0.5) is 0 Å². The Bertz CT molecular complexity index is 560. The first-order chi connectivity index (χ1) is 8.78. The van der Waals surface area contributed by atoms with E-state index in [-0.39, 0.29) is 0 Å². The van der Waals surface area contributed by atoms with Crippen molar-refractivity contribution in [2.24, 2.45) is 0 Å². The van der Waals surface area contributed by atoms with Crippen LogP contribution in [-0.2, 0) is 6.54 Å². The van der Waals surface area contributed by atoms with Crippen LogP contribution in [0.15, 0.2) is 22.9 Å². The molecule has 0 saturated heterocycles. The fourth-order valence-electron chi connectivity index (χ4n) is 2.03. The smallest absolute Gasteiger partial charge is 0.133 e. The van der Waals surface area contributed by atoms with Crippen molar-refractivity contribution in [3.63, 3.8) is 0 Å². The molecule has 1 aliphatic rings. The molecule has 4 nitrogen and oxygen atoms in total. The molecule has 2 aromatic rings. The minimum atomic E-state index is 0.559. The van der Waals surface area contributed by atoms with Gasteiger partial charge in [0.25, 0.3) is 0 Å². The molecule has 18 heavy (non-hydrogen) atoms. The maximum Gasteiger partial charge on any atom is 0.133 e. The second-order valence-electron chi connectivity index (χ2n) is 4.65. The number of rotatable bonds is 4. The lowest BCUT2D eigenvalue weighted by atomic mass is 10.2. The molecule has 0 aromatic carbocycles. The molecule has 0 spiro atoms. The fraction of sp³-hybridized carbons (Fsp3) is 0.462. The minimum absolute atomic E-state index is 0.559. The summed E-state index contributed by atoms with van der Waals surface area (Å²) in [5, 5.41) is 4.34. The van der Waals surface area contributed by atoms with E-state index in [2.05, 4.69) is 37.9 Å². The van der Waals surface area contributed by atoms with Crippen molar-refractivity contribution in [2.75, 3.05) is 0 Å². The Morgan fingerprint density at radius 2 is 2.22 bits per heavy atom. The average Bonchev–Trinajstić information content (AvgIpc) is 3.10. The van der Waals surface area contributed by atoms with E-state index in [0.29, 0.717) is 5.92 Å². The zero-order valence-corrected chi connectivity index (χ0v) is 11.9. The first-order valence-electron chi connectivity index (χ1n) is 6.34. The number of halogens is 1. The van der Waals surface area contributed by atoms with Gasteiger partial charge in [0.05, 0.1) is 11.4 Å². The van der Waals surface area contributed by atoms with Gasteiger partial charge in [0, 0.05) is 18.7 Å². The van der Waals surface area contributed by atoms with Crippen LogP contribution in [-0.4, -0.2) is 19.7 Å². The third-order valence-corrected chi connectivity index (χ3v) is 3.48. The highest BCUT2D eigenvalue weighted by molar-refractivity contribution is 9.10. The maximum atomic E-state index is 4.68. The van der Waals surface area contributed by atoms with E-state index in [9.17, 15) is 0 Å². The van der Waals surface area contributed by atoms with Crippen LogP contribution in [0.5, 0.6) is 0 Å². The number of hydrogen-bond donors (Lipinski definition) is 0. The molecular weight excluding hydrogens is 292 g/mol. The number of hydrogen-bond acceptors (Lipinski definition) is 3.